The Morgan fingerprint density at radius 1 is 1.16 bits per heavy atom. The summed E-state index contributed by atoms with van der Waals surface area (Å²) in [6.07, 6.45) is 6.94. The van der Waals surface area contributed by atoms with Gasteiger partial charge in [-0.1, -0.05) is 32.6 Å². The molecule has 1 fully saturated rings. The molecule has 2 N–H and O–H groups in total. The SMILES string of the molecule is CCCCS(=O)(=O)NCCNC(=O)C1CCCCC1. The summed E-state index contributed by atoms with van der Waals surface area (Å²) in [5, 5.41) is 2.82. The number of unbranched alkanes of at least 4 members (excludes halogenated alkanes) is 1. The van der Waals surface area contributed by atoms with Gasteiger partial charge in [-0.15, -0.1) is 0 Å². The highest BCUT2D eigenvalue weighted by atomic mass is 32.2. The van der Waals surface area contributed by atoms with Crippen molar-refractivity contribution in [2.75, 3.05) is 18.8 Å². The number of hydrogen-bond acceptors (Lipinski definition) is 3. The molecular weight excluding hydrogens is 264 g/mol. The van der Waals surface area contributed by atoms with E-state index < -0.39 is 10.0 Å². The van der Waals surface area contributed by atoms with Gasteiger partial charge in [0.25, 0.3) is 0 Å². The molecule has 0 unspecified atom stereocenters. The molecule has 0 aromatic rings. The fourth-order valence-corrected chi connectivity index (χ4v) is 3.53. The first-order chi connectivity index (χ1) is 9.05. The third kappa shape index (κ3) is 6.92. The van der Waals surface area contributed by atoms with Crippen molar-refractivity contribution in [1.82, 2.24) is 10.0 Å². The van der Waals surface area contributed by atoms with Crippen molar-refractivity contribution in [1.29, 1.82) is 0 Å². The molecule has 0 aromatic heterocycles. The molecule has 1 amide bonds. The summed E-state index contributed by atoms with van der Waals surface area (Å²) in [6.45, 7) is 2.62. The average molecular weight is 290 g/mol. The molecule has 0 heterocycles. The minimum Gasteiger partial charge on any atom is -0.355 e. The second kappa shape index (κ2) is 8.53. The van der Waals surface area contributed by atoms with Crippen LogP contribution in [0, 0.1) is 5.92 Å². The van der Waals surface area contributed by atoms with Gasteiger partial charge in [-0.2, -0.15) is 0 Å². The molecule has 6 heteroatoms. The zero-order chi connectivity index (χ0) is 14.1. The number of hydrogen-bond donors (Lipinski definition) is 2. The number of nitrogens with one attached hydrogen (secondary N) is 2. The lowest BCUT2D eigenvalue weighted by atomic mass is 9.89. The van der Waals surface area contributed by atoms with Gasteiger partial charge in [-0.05, 0) is 19.3 Å². The van der Waals surface area contributed by atoms with Crippen LogP contribution in [-0.2, 0) is 14.8 Å². The van der Waals surface area contributed by atoms with E-state index in [1.165, 1.54) is 6.42 Å². The third-order valence-corrected chi connectivity index (χ3v) is 4.96. The number of carbonyl (C=O) groups excluding carboxylic acids is 1. The Kier molecular flexibility index (Phi) is 7.38. The largest absolute Gasteiger partial charge is 0.355 e. The van der Waals surface area contributed by atoms with E-state index in [-0.39, 0.29) is 24.1 Å². The second-order valence-electron chi connectivity index (χ2n) is 5.19. The van der Waals surface area contributed by atoms with E-state index in [0.717, 1.165) is 32.1 Å². The summed E-state index contributed by atoms with van der Waals surface area (Å²) >= 11 is 0. The van der Waals surface area contributed by atoms with E-state index in [4.69, 9.17) is 0 Å². The summed E-state index contributed by atoms with van der Waals surface area (Å²) in [6, 6.07) is 0. The van der Waals surface area contributed by atoms with Crippen LogP contribution in [0.25, 0.3) is 0 Å². The lowest BCUT2D eigenvalue weighted by Crippen LogP contribution is -2.38. The predicted octanol–water partition coefficient (Wildman–Crippen LogP) is 1.40. The van der Waals surface area contributed by atoms with Crippen molar-refractivity contribution in [2.24, 2.45) is 5.92 Å². The number of sulfonamides is 1. The van der Waals surface area contributed by atoms with Crippen molar-refractivity contribution in [3.63, 3.8) is 0 Å². The van der Waals surface area contributed by atoms with E-state index >= 15 is 0 Å². The fraction of sp³-hybridized carbons (Fsp3) is 0.923. The number of amides is 1. The Morgan fingerprint density at radius 3 is 2.47 bits per heavy atom. The molecule has 0 saturated heterocycles. The molecule has 0 aliphatic heterocycles. The van der Waals surface area contributed by atoms with E-state index in [2.05, 4.69) is 10.0 Å². The minimum absolute atomic E-state index is 0.0763. The van der Waals surface area contributed by atoms with Crippen molar-refractivity contribution in [2.45, 2.75) is 51.9 Å². The maximum absolute atomic E-state index is 11.8. The average Bonchev–Trinajstić information content (AvgIpc) is 2.42. The second-order valence-corrected chi connectivity index (χ2v) is 7.12. The molecule has 19 heavy (non-hydrogen) atoms. The van der Waals surface area contributed by atoms with Crippen molar-refractivity contribution in [3.05, 3.63) is 0 Å². The van der Waals surface area contributed by atoms with Crippen LogP contribution in [0.5, 0.6) is 0 Å². The summed E-state index contributed by atoms with van der Waals surface area (Å²) < 4.78 is 25.5. The van der Waals surface area contributed by atoms with Gasteiger partial charge in [0.05, 0.1) is 5.75 Å². The smallest absolute Gasteiger partial charge is 0.223 e. The fourth-order valence-electron chi connectivity index (χ4n) is 2.31. The van der Waals surface area contributed by atoms with Crippen LogP contribution < -0.4 is 10.0 Å². The third-order valence-electron chi connectivity index (χ3n) is 3.49. The molecule has 0 aromatic carbocycles. The zero-order valence-electron chi connectivity index (χ0n) is 11.8. The molecule has 1 saturated carbocycles. The van der Waals surface area contributed by atoms with E-state index in [0.29, 0.717) is 13.0 Å². The molecule has 0 spiro atoms. The van der Waals surface area contributed by atoms with Gasteiger partial charge in [0, 0.05) is 19.0 Å². The van der Waals surface area contributed by atoms with Crippen LogP contribution in [-0.4, -0.2) is 33.2 Å². The van der Waals surface area contributed by atoms with Crippen LogP contribution in [0.1, 0.15) is 51.9 Å². The number of rotatable bonds is 8. The zero-order valence-corrected chi connectivity index (χ0v) is 12.6. The predicted molar refractivity (Wildman–Crippen MR) is 76.3 cm³/mol. The van der Waals surface area contributed by atoms with Crippen molar-refractivity contribution >= 4 is 15.9 Å². The van der Waals surface area contributed by atoms with Crippen molar-refractivity contribution < 1.29 is 13.2 Å². The molecule has 1 rings (SSSR count). The Bertz CT molecular complexity index is 362. The molecule has 5 nitrogen and oxygen atoms in total. The monoisotopic (exact) mass is 290 g/mol. The molecular formula is C13H26N2O3S. The summed E-state index contributed by atoms with van der Waals surface area (Å²) in [5.74, 6) is 0.373. The van der Waals surface area contributed by atoms with Crippen LogP contribution in [0.2, 0.25) is 0 Å². The van der Waals surface area contributed by atoms with Crippen LogP contribution in [0.4, 0.5) is 0 Å². The summed E-state index contributed by atoms with van der Waals surface area (Å²) in [7, 11) is -3.17. The Hall–Kier alpha value is -0.620. The first kappa shape index (κ1) is 16.4. The highest BCUT2D eigenvalue weighted by molar-refractivity contribution is 7.89. The van der Waals surface area contributed by atoms with Gasteiger partial charge in [-0.25, -0.2) is 13.1 Å². The van der Waals surface area contributed by atoms with E-state index in [1.807, 2.05) is 6.92 Å². The normalized spacial score (nSPS) is 17.3. The minimum atomic E-state index is -3.17. The molecule has 0 atom stereocenters. The topological polar surface area (TPSA) is 75.3 Å². The van der Waals surface area contributed by atoms with Gasteiger partial charge < -0.3 is 5.32 Å². The lowest BCUT2D eigenvalue weighted by Gasteiger charge is -2.20. The molecule has 0 radical (unpaired) electrons. The Morgan fingerprint density at radius 2 is 1.84 bits per heavy atom. The molecule has 1 aliphatic carbocycles. The molecule has 0 bridgehead atoms. The van der Waals surface area contributed by atoms with Crippen molar-refractivity contribution in [3.8, 4) is 0 Å². The quantitative estimate of drug-likeness (QED) is 0.664. The molecule has 1 aliphatic rings. The van der Waals surface area contributed by atoms with Gasteiger partial charge >= 0.3 is 0 Å². The van der Waals surface area contributed by atoms with E-state index in [1.54, 1.807) is 0 Å². The lowest BCUT2D eigenvalue weighted by molar-refractivity contribution is -0.125. The van der Waals surface area contributed by atoms with Gasteiger partial charge in [0.1, 0.15) is 0 Å². The molecule has 112 valence electrons. The van der Waals surface area contributed by atoms with Gasteiger partial charge in [0.15, 0.2) is 0 Å². The van der Waals surface area contributed by atoms with Crippen LogP contribution in [0.15, 0.2) is 0 Å². The standard InChI is InChI=1S/C13H26N2O3S/c1-2-3-11-19(17,18)15-10-9-14-13(16)12-7-5-4-6-8-12/h12,15H,2-11H2,1H3,(H,14,16). The van der Waals surface area contributed by atoms with Crippen LogP contribution >= 0.6 is 0 Å². The highest BCUT2D eigenvalue weighted by Crippen LogP contribution is 2.23. The van der Waals surface area contributed by atoms with Gasteiger partial charge in [0.2, 0.25) is 15.9 Å². The van der Waals surface area contributed by atoms with Crippen LogP contribution in [0.3, 0.4) is 0 Å². The Labute approximate surface area is 116 Å². The maximum Gasteiger partial charge on any atom is 0.223 e. The highest BCUT2D eigenvalue weighted by Gasteiger charge is 2.20. The summed E-state index contributed by atoms with van der Waals surface area (Å²) in [5.41, 5.74) is 0. The first-order valence-corrected chi connectivity index (χ1v) is 8.95. The van der Waals surface area contributed by atoms with Gasteiger partial charge in [-0.3, -0.25) is 4.79 Å². The maximum atomic E-state index is 11.8. The Balaban J connectivity index is 2.14. The van der Waals surface area contributed by atoms with E-state index in [9.17, 15) is 13.2 Å². The first-order valence-electron chi connectivity index (χ1n) is 7.30. The number of carbonyl (C=O) groups is 1. The summed E-state index contributed by atoms with van der Waals surface area (Å²) in [4.78, 5) is 11.8.